The van der Waals surface area contributed by atoms with E-state index < -0.39 is 0 Å². The van der Waals surface area contributed by atoms with E-state index in [2.05, 4.69) is 18.7 Å². The smallest absolute Gasteiger partial charge is 0.124 e. The van der Waals surface area contributed by atoms with Crippen molar-refractivity contribution < 1.29 is 4.39 Å². The topological polar surface area (TPSA) is 29.3 Å². The Bertz CT molecular complexity index is 485. The van der Waals surface area contributed by atoms with Crippen LogP contribution in [0.4, 0.5) is 10.1 Å². The normalized spacial score (nSPS) is 19.0. The van der Waals surface area contributed by atoms with Crippen LogP contribution in [0.5, 0.6) is 0 Å². The van der Waals surface area contributed by atoms with Crippen molar-refractivity contribution in [3.8, 4) is 0 Å². The van der Waals surface area contributed by atoms with E-state index in [0.717, 1.165) is 31.6 Å². The Morgan fingerprint density at radius 2 is 2.05 bits per heavy atom. The van der Waals surface area contributed by atoms with Gasteiger partial charge in [0.2, 0.25) is 0 Å². The fourth-order valence-corrected chi connectivity index (χ4v) is 2.81. The molecule has 1 aliphatic heterocycles. The van der Waals surface area contributed by atoms with Crippen molar-refractivity contribution in [2.24, 2.45) is 11.1 Å². The number of benzene rings is 1. The van der Waals surface area contributed by atoms with Gasteiger partial charge in [0, 0.05) is 24.3 Å². The van der Waals surface area contributed by atoms with Crippen molar-refractivity contribution in [3.63, 3.8) is 0 Å². The lowest BCUT2D eigenvalue weighted by atomic mass is 9.85. The number of rotatable bonds is 2. The molecule has 2 N–H and O–H groups in total. The first kappa shape index (κ1) is 14.3. The molecule has 0 spiro atoms. The van der Waals surface area contributed by atoms with Gasteiger partial charge in [-0.2, -0.15) is 0 Å². The standard InChI is InChI=1S/C15H21FN2S/c1-15(2)6-3-8-18(9-7-15)13-5-4-11(16)10-12(13)14(17)19/h4-5,10H,3,6-9H2,1-2H3,(H2,17,19). The van der Waals surface area contributed by atoms with Gasteiger partial charge in [0.1, 0.15) is 10.8 Å². The molecule has 1 heterocycles. The van der Waals surface area contributed by atoms with Crippen LogP contribution in [0.1, 0.15) is 38.7 Å². The monoisotopic (exact) mass is 280 g/mol. The van der Waals surface area contributed by atoms with Crippen molar-refractivity contribution in [1.82, 2.24) is 0 Å². The Morgan fingerprint density at radius 3 is 2.74 bits per heavy atom. The molecule has 0 aliphatic carbocycles. The number of anilines is 1. The number of hydrogen-bond donors (Lipinski definition) is 1. The summed E-state index contributed by atoms with van der Waals surface area (Å²) < 4.78 is 13.3. The molecule has 1 saturated heterocycles. The lowest BCUT2D eigenvalue weighted by Gasteiger charge is -2.26. The van der Waals surface area contributed by atoms with Gasteiger partial charge < -0.3 is 10.6 Å². The van der Waals surface area contributed by atoms with Crippen LogP contribution in [0, 0.1) is 11.2 Å². The second-order valence-corrected chi connectivity index (χ2v) is 6.47. The van der Waals surface area contributed by atoms with Gasteiger partial charge in [-0.05, 0) is 42.9 Å². The third-order valence-electron chi connectivity index (χ3n) is 3.90. The SMILES string of the molecule is CC1(C)CCCN(c2ccc(F)cc2C(N)=S)CC1. The molecular weight excluding hydrogens is 259 g/mol. The van der Waals surface area contributed by atoms with Gasteiger partial charge in [-0.15, -0.1) is 0 Å². The van der Waals surface area contributed by atoms with E-state index in [1.807, 2.05) is 0 Å². The van der Waals surface area contributed by atoms with Gasteiger partial charge in [-0.1, -0.05) is 26.1 Å². The average molecular weight is 280 g/mol. The zero-order valence-corrected chi connectivity index (χ0v) is 12.4. The highest BCUT2D eigenvalue weighted by atomic mass is 32.1. The van der Waals surface area contributed by atoms with Gasteiger partial charge in [0.15, 0.2) is 0 Å². The zero-order valence-electron chi connectivity index (χ0n) is 11.6. The Labute approximate surface area is 119 Å². The molecule has 1 fully saturated rings. The summed E-state index contributed by atoms with van der Waals surface area (Å²) in [6.45, 7) is 6.55. The number of halogens is 1. The Morgan fingerprint density at radius 1 is 1.32 bits per heavy atom. The minimum absolute atomic E-state index is 0.262. The fraction of sp³-hybridized carbons (Fsp3) is 0.533. The molecule has 1 aliphatic rings. The largest absolute Gasteiger partial charge is 0.389 e. The molecule has 1 aromatic rings. The number of nitrogens with two attached hydrogens (primary N) is 1. The predicted octanol–water partition coefficient (Wildman–Crippen LogP) is 3.48. The third kappa shape index (κ3) is 3.44. The Hall–Kier alpha value is -1.16. The van der Waals surface area contributed by atoms with Gasteiger partial charge >= 0.3 is 0 Å². The van der Waals surface area contributed by atoms with Crippen LogP contribution in [0.15, 0.2) is 18.2 Å². The molecule has 19 heavy (non-hydrogen) atoms. The van der Waals surface area contributed by atoms with Crippen molar-refractivity contribution in [3.05, 3.63) is 29.6 Å². The summed E-state index contributed by atoms with van der Waals surface area (Å²) in [5, 5.41) is 0. The first-order valence-electron chi connectivity index (χ1n) is 6.73. The van der Waals surface area contributed by atoms with Crippen molar-refractivity contribution in [2.75, 3.05) is 18.0 Å². The van der Waals surface area contributed by atoms with Crippen LogP contribution in [0.2, 0.25) is 0 Å². The summed E-state index contributed by atoms with van der Waals surface area (Å²) in [6.07, 6.45) is 3.48. The first-order chi connectivity index (χ1) is 8.89. The summed E-state index contributed by atoms with van der Waals surface area (Å²) in [5.74, 6) is -0.290. The molecule has 0 bridgehead atoms. The van der Waals surface area contributed by atoms with Crippen LogP contribution in [0.3, 0.4) is 0 Å². The molecule has 0 aromatic heterocycles. The van der Waals surface area contributed by atoms with E-state index in [1.54, 1.807) is 6.07 Å². The highest BCUT2D eigenvalue weighted by Gasteiger charge is 2.24. The highest BCUT2D eigenvalue weighted by molar-refractivity contribution is 7.80. The Balaban J connectivity index is 2.29. The number of hydrogen-bond acceptors (Lipinski definition) is 2. The maximum atomic E-state index is 13.3. The molecule has 104 valence electrons. The van der Waals surface area contributed by atoms with Crippen LogP contribution in [0.25, 0.3) is 0 Å². The molecule has 0 radical (unpaired) electrons. The van der Waals surface area contributed by atoms with Gasteiger partial charge in [-0.25, -0.2) is 4.39 Å². The van der Waals surface area contributed by atoms with Gasteiger partial charge in [-0.3, -0.25) is 0 Å². The molecule has 2 rings (SSSR count). The van der Waals surface area contributed by atoms with Crippen LogP contribution in [-0.4, -0.2) is 18.1 Å². The lowest BCUT2D eigenvalue weighted by molar-refractivity contribution is 0.325. The summed E-state index contributed by atoms with van der Waals surface area (Å²) in [5.41, 5.74) is 7.71. The quantitative estimate of drug-likeness (QED) is 0.841. The second-order valence-electron chi connectivity index (χ2n) is 6.03. The van der Waals surface area contributed by atoms with Crippen LogP contribution >= 0.6 is 12.2 Å². The predicted molar refractivity (Wildman–Crippen MR) is 82.1 cm³/mol. The second kappa shape index (κ2) is 5.45. The van der Waals surface area contributed by atoms with Crippen LogP contribution in [-0.2, 0) is 0 Å². The molecule has 0 unspecified atom stereocenters. The number of thiocarbonyl (C=S) groups is 1. The lowest BCUT2D eigenvalue weighted by Crippen LogP contribution is -2.28. The molecule has 0 atom stereocenters. The van der Waals surface area contributed by atoms with E-state index in [0.29, 0.717) is 11.0 Å². The molecule has 0 saturated carbocycles. The van der Waals surface area contributed by atoms with E-state index in [1.165, 1.54) is 18.6 Å². The van der Waals surface area contributed by atoms with Crippen LogP contribution < -0.4 is 10.6 Å². The highest BCUT2D eigenvalue weighted by Crippen LogP contribution is 2.32. The number of nitrogens with zero attached hydrogens (tertiary/aromatic N) is 1. The van der Waals surface area contributed by atoms with Crippen molar-refractivity contribution >= 4 is 22.9 Å². The molecule has 0 amide bonds. The van der Waals surface area contributed by atoms with E-state index in [9.17, 15) is 4.39 Å². The molecule has 1 aromatic carbocycles. The first-order valence-corrected chi connectivity index (χ1v) is 7.14. The maximum absolute atomic E-state index is 13.3. The van der Waals surface area contributed by atoms with E-state index in [-0.39, 0.29) is 10.8 Å². The fourth-order valence-electron chi connectivity index (χ4n) is 2.65. The zero-order chi connectivity index (χ0) is 14.0. The van der Waals surface area contributed by atoms with E-state index >= 15 is 0 Å². The maximum Gasteiger partial charge on any atom is 0.124 e. The third-order valence-corrected chi connectivity index (χ3v) is 4.12. The van der Waals surface area contributed by atoms with Crippen molar-refractivity contribution in [1.29, 1.82) is 0 Å². The minimum atomic E-state index is -0.290. The van der Waals surface area contributed by atoms with Gasteiger partial charge in [0.05, 0.1) is 0 Å². The summed E-state index contributed by atoms with van der Waals surface area (Å²) in [4.78, 5) is 2.54. The molecule has 4 heteroatoms. The summed E-state index contributed by atoms with van der Waals surface area (Å²) in [7, 11) is 0. The van der Waals surface area contributed by atoms with Gasteiger partial charge in [0.25, 0.3) is 0 Å². The van der Waals surface area contributed by atoms with E-state index in [4.69, 9.17) is 18.0 Å². The minimum Gasteiger partial charge on any atom is -0.389 e. The van der Waals surface area contributed by atoms with Crippen molar-refractivity contribution in [2.45, 2.75) is 33.1 Å². The summed E-state index contributed by atoms with van der Waals surface area (Å²) in [6, 6.07) is 4.71. The molecule has 2 nitrogen and oxygen atoms in total. The molecular formula is C15H21FN2S. The average Bonchev–Trinajstić information content (AvgIpc) is 2.50. The summed E-state index contributed by atoms with van der Waals surface area (Å²) >= 11 is 5.04. The Kier molecular flexibility index (Phi) is 4.09.